The summed E-state index contributed by atoms with van der Waals surface area (Å²) in [6.07, 6.45) is 5.51. The fourth-order valence-corrected chi connectivity index (χ4v) is 3.25. The highest BCUT2D eigenvalue weighted by Crippen LogP contribution is 2.36. The van der Waals surface area contributed by atoms with Gasteiger partial charge in [-0.25, -0.2) is 0 Å². The number of benzene rings is 1. The van der Waals surface area contributed by atoms with Gasteiger partial charge in [-0.05, 0) is 56.9 Å². The van der Waals surface area contributed by atoms with Gasteiger partial charge >= 0.3 is 0 Å². The van der Waals surface area contributed by atoms with Crippen molar-refractivity contribution in [2.75, 3.05) is 27.7 Å². The van der Waals surface area contributed by atoms with Gasteiger partial charge in [0.1, 0.15) is 0 Å². The fraction of sp³-hybridized carbons (Fsp3) is 0.471. The molecule has 1 N–H and O–H groups in total. The van der Waals surface area contributed by atoms with Gasteiger partial charge in [-0.15, -0.1) is 0 Å². The monoisotopic (exact) mass is 285 g/mol. The van der Waals surface area contributed by atoms with Crippen LogP contribution in [0.2, 0.25) is 0 Å². The largest absolute Gasteiger partial charge is 0.361 e. The predicted molar refractivity (Wildman–Crippen MR) is 85.5 cm³/mol. The first-order valence-corrected chi connectivity index (χ1v) is 7.52. The van der Waals surface area contributed by atoms with E-state index in [9.17, 15) is 4.79 Å². The molecule has 1 aromatic carbocycles. The normalized spacial score (nSPS) is 17.0. The van der Waals surface area contributed by atoms with Crippen LogP contribution in [0.25, 0.3) is 10.9 Å². The average molecular weight is 285 g/mol. The van der Waals surface area contributed by atoms with Crippen molar-refractivity contribution in [3.63, 3.8) is 0 Å². The maximum atomic E-state index is 12.6. The van der Waals surface area contributed by atoms with E-state index in [2.05, 4.69) is 24.0 Å². The molecule has 0 spiro atoms. The van der Waals surface area contributed by atoms with Crippen molar-refractivity contribution in [2.24, 2.45) is 0 Å². The summed E-state index contributed by atoms with van der Waals surface area (Å²) in [5, 5.41) is 1.14. The van der Waals surface area contributed by atoms with Crippen LogP contribution in [-0.4, -0.2) is 53.9 Å². The second-order valence-electron chi connectivity index (χ2n) is 6.41. The Morgan fingerprint density at radius 1 is 1.24 bits per heavy atom. The number of aromatic amines is 1. The van der Waals surface area contributed by atoms with E-state index in [-0.39, 0.29) is 11.4 Å². The lowest BCUT2D eigenvalue weighted by Crippen LogP contribution is -2.57. The number of fused-ring (bicyclic) bond motifs is 1. The predicted octanol–water partition coefficient (Wildman–Crippen LogP) is 2.72. The first kappa shape index (κ1) is 14.1. The zero-order chi connectivity index (χ0) is 15.0. The highest BCUT2D eigenvalue weighted by molar-refractivity contribution is 5.97. The quantitative estimate of drug-likeness (QED) is 0.938. The minimum Gasteiger partial charge on any atom is -0.361 e. The van der Waals surface area contributed by atoms with Crippen LogP contribution in [0.3, 0.4) is 0 Å². The summed E-state index contributed by atoms with van der Waals surface area (Å²) in [5.74, 6) is 0.0969. The molecule has 1 aromatic heterocycles. The standard InChI is InChI=1S/C17H23N3O/c1-19(2)17(8-4-9-17)12-20(3)16(21)14-6-5-13-7-10-18-15(13)11-14/h5-7,10-11,18H,4,8-9,12H2,1-3H3. The van der Waals surface area contributed by atoms with E-state index in [1.165, 1.54) is 19.3 Å². The Morgan fingerprint density at radius 3 is 2.62 bits per heavy atom. The lowest BCUT2D eigenvalue weighted by molar-refractivity contribution is 0.0252. The highest BCUT2D eigenvalue weighted by Gasteiger charge is 2.40. The van der Waals surface area contributed by atoms with Crippen LogP contribution in [0.1, 0.15) is 29.6 Å². The summed E-state index contributed by atoms with van der Waals surface area (Å²) >= 11 is 0. The Balaban J connectivity index is 1.77. The summed E-state index contributed by atoms with van der Waals surface area (Å²) in [5.41, 5.74) is 1.93. The smallest absolute Gasteiger partial charge is 0.253 e. The Hall–Kier alpha value is -1.81. The van der Waals surface area contributed by atoms with Gasteiger partial charge in [0.05, 0.1) is 0 Å². The van der Waals surface area contributed by atoms with E-state index in [0.717, 1.165) is 23.0 Å². The van der Waals surface area contributed by atoms with E-state index >= 15 is 0 Å². The van der Waals surface area contributed by atoms with Crippen LogP contribution in [0.15, 0.2) is 30.5 Å². The van der Waals surface area contributed by atoms with Gasteiger partial charge in [-0.2, -0.15) is 0 Å². The molecule has 1 amide bonds. The molecule has 0 aliphatic heterocycles. The number of rotatable bonds is 4. The Labute approximate surface area is 125 Å². The van der Waals surface area contributed by atoms with Gasteiger partial charge in [-0.1, -0.05) is 6.07 Å². The second kappa shape index (κ2) is 5.19. The van der Waals surface area contributed by atoms with Crippen molar-refractivity contribution in [3.8, 4) is 0 Å². The summed E-state index contributed by atoms with van der Waals surface area (Å²) in [4.78, 5) is 19.9. The molecule has 1 saturated carbocycles. The number of likely N-dealkylation sites (N-methyl/N-ethyl adjacent to an activating group) is 2. The van der Waals surface area contributed by atoms with Crippen molar-refractivity contribution >= 4 is 16.8 Å². The van der Waals surface area contributed by atoms with Crippen LogP contribution in [0.5, 0.6) is 0 Å². The number of carbonyl (C=O) groups excluding carboxylic acids is 1. The van der Waals surface area contributed by atoms with Gasteiger partial charge in [0.2, 0.25) is 0 Å². The third-order valence-corrected chi connectivity index (χ3v) is 4.91. The SMILES string of the molecule is CN(CC1(N(C)C)CCC1)C(=O)c1ccc2cc[nH]c2c1. The van der Waals surface area contributed by atoms with Crippen LogP contribution in [0, 0.1) is 0 Å². The molecule has 4 heteroatoms. The average Bonchev–Trinajstić information content (AvgIpc) is 2.88. The zero-order valence-electron chi connectivity index (χ0n) is 13.0. The molecule has 2 aromatic rings. The maximum absolute atomic E-state index is 12.6. The molecule has 1 aliphatic rings. The number of carbonyl (C=O) groups is 1. The number of amides is 1. The lowest BCUT2D eigenvalue weighted by Gasteiger charge is -2.49. The van der Waals surface area contributed by atoms with Crippen molar-refractivity contribution < 1.29 is 4.79 Å². The summed E-state index contributed by atoms with van der Waals surface area (Å²) in [6, 6.07) is 7.87. The van der Waals surface area contributed by atoms with Crippen molar-refractivity contribution in [2.45, 2.75) is 24.8 Å². The lowest BCUT2D eigenvalue weighted by atomic mass is 9.75. The number of aromatic nitrogens is 1. The molecule has 1 aliphatic carbocycles. The molecular formula is C17H23N3O. The number of hydrogen-bond donors (Lipinski definition) is 1. The number of nitrogens with zero attached hydrogens (tertiary/aromatic N) is 2. The topological polar surface area (TPSA) is 39.3 Å². The zero-order valence-corrected chi connectivity index (χ0v) is 13.0. The molecule has 1 fully saturated rings. The van der Waals surface area contributed by atoms with Gasteiger partial charge in [0.25, 0.3) is 5.91 Å². The van der Waals surface area contributed by atoms with E-state index in [1.54, 1.807) is 0 Å². The number of nitrogens with one attached hydrogen (secondary N) is 1. The molecule has 0 atom stereocenters. The van der Waals surface area contributed by atoms with E-state index in [0.29, 0.717) is 0 Å². The molecule has 0 saturated heterocycles. The van der Waals surface area contributed by atoms with Crippen LogP contribution in [0.4, 0.5) is 0 Å². The first-order chi connectivity index (χ1) is 10.0. The van der Waals surface area contributed by atoms with Crippen LogP contribution in [-0.2, 0) is 0 Å². The molecule has 112 valence electrons. The second-order valence-corrected chi connectivity index (χ2v) is 6.41. The number of hydrogen-bond acceptors (Lipinski definition) is 2. The van der Waals surface area contributed by atoms with Crippen molar-refractivity contribution in [1.29, 1.82) is 0 Å². The van der Waals surface area contributed by atoms with E-state index in [1.807, 2.05) is 42.4 Å². The molecule has 0 radical (unpaired) electrons. The Bertz CT molecular complexity index is 655. The molecule has 21 heavy (non-hydrogen) atoms. The van der Waals surface area contributed by atoms with Crippen molar-refractivity contribution in [1.82, 2.24) is 14.8 Å². The first-order valence-electron chi connectivity index (χ1n) is 7.52. The van der Waals surface area contributed by atoms with Crippen LogP contribution >= 0.6 is 0 Å². The Morgan fingerprint density at radius 2 is 2.00 bits per heavy atom. The summed E-state index contributed by atoms with van der Waals surface area (Å²) in [6.45, 7) is 0.793. The molecule has 4 nitrogen and oxygen atoms in total. The van der Waals surface area contributed by atoms with Gasteiger partial charge in [0.15, 0.2) is 0 Å². The molecule has 0 bridgehead atoms. The van der Waals surface area contributed by atoms with Crippen LogP contribution < -0.4 is 0 Å². The van der Waals surface area contributed by atoms with Gasteiger partial charge in [-0.3, -0.25) is 4.79 Å². The molecular weight excluding hydrogens is 262 g/mol. The molecule has 0 unspecified atom stereocenters. The maximum Gasteiger partial charge on any atom is 0.253 e. The minimum absolute atomic E-state index is 0.0969. The van der Waals surface area contributed by atoms with Gasteiger partial charge in [0, 0.05) is 36.4 Å². The summed E-state index contributed by atoms with van der Waals surface area (Å²) in [7, 11) is 6.13. The fourth-order valence-electron chi connectivity index (χ4n) is 3.25. The number of H-pyrrole nitrogens is 1. The van der Waals surface area contributed by atoms with Gasteiger partial charge < -0.3 is 14.8 Å². The minimum atomic E-state index is 0.0969. The Kier molecular flexibility index (Phi) is 3.49. The summed E-state index contributed by atoms with van der Waals surface area (Å²) < 4.78 is 0. The van der Waals surface area contributed by atoms with E-state index in [4.69, 9.17) is 0 Å². The third kappa shape index (κ3) is 2.44. The molecule has 3 rings (SSSR count). The highest BCUT2D eigenvalue weighted by atomic mass is 16.2. The van der Waals surface area contributed by atoms with Crippen molar-refractivity contribution in [3.05, 3.63) is 36.0 Å². The molecule has 1 heterocycles. The van der Waals surface area contributed by atoms with E-state index < -0.39 is 0 Å². The third-order valence-electron chi connectivity index (χ3n) is 4.91.